The van der Waals surface area contributed by atoms with Crippen LogP contribution in [0.25, 0.3) is 0 Å². The van der Waals surface area contributed by atoms with Gasteiger partial charge in [0.15, 0.2) is 0 Å². The molecule has 0 spiro atoms. The maximum atomic E-state index is 4.27. The van der Waals surface area contributed by atoms with Gasteiger partial charge >= 0.3 is 0 Å². The van der Waals surface area contributed by atoms with E-state index in [-0.39, 0.29) is 0 Å². The molecule has 0 atom stereocenters. The van der Waals surface area contributed by atoms with Gasteiger partial charge in [-0.2, -0.15) is 5.10 Å². The molecule has 2 aromatic rings. The van der Waals surface area contributed by atoms with Gasteiger partial charge in [-0.3, -0.25) is 4.68 Å². The summed E-state index contributed by atoms with van der Waals surface area (Å²) in [5, 5.41) is 7.71. The second kappa shape index (κ2) is 4.94. The zero-order valence-electron chi connectivity index (χ0n) is 10.7. The first kappa shape index (κ1) is 11.5. The summed E-state index contributed by atoms with van der Waals surface area (Å²) in [6.45, 7) is 4.78. The zero-order chi connectivity index (χ0) is 12.4. The number of nitrogens with zero attached hydrogens (tertiary/aromatic N) is 4. The van der Waals surface area contributed by atoms with Gasteiger partial charge in [0.2, 0.25) is 0 Å². The fourth-order valence-electron chi connectivity index (χ4n) is 2.15. The van der Waals surface area contributed by atoms with Gasteiger partial charge in [0.1, 0.15) is 0 Å². The fourth-order valence-corrected chi connectivity index (χ4v) is 2.15. The summed E-state index contributed by atoms with van der Waals surface area (Å²) in [5.74, 6) is 0. The third-order valence-corrected chi connectivity index (χ3v) is 3.27. The van der Waals surface area contributed by atoms with Crippen LogP contribution in [0.4, 0.5) is 0 Å². The van der Waals surface area contributed by atoms with E-state index < -0.39 is 0 Å². The Morgan fingerprint density at radius 3 is 3.00 bits per heavy atom. The van der Waals surface area contributed by atoms with Gasteiger partial charge in [0, 0.05) is 31.5 Å². The minimum absolute atomic E-state index is 0.707. The average Bonchev–Trinajstić information content (AvgIpc) is 2.96. The van der Waals surface area contributed by atoms with Crippen molar-refractivity contribution in [1.29, 1.82) is 0 Å². The maximum absolute atomic E-state index is 4.27. The Morgan fingerprint density at radius 2 is 2.28 bits per heavy atom. The molecule has 0 radical (unpaired) electrons. The summed E-state index contributed by atoms with van der Waals surface area (Å²) in [5.41, 5.74) is 2.50. The van der Waals surface area contributed by atoms with Gasteiger partial charge in [-0.25, -0.2) is 4.98 Å². The number of hydrogen-bond acceptors (Lipinski definition) is 3. The summed E-state index contributed by atoms with van der Waals surface area (Å²) in [7, 11) is 0. The Kier molecular flexibility index (Phi) is 3.15. The molecule has 0 bridgehead atoms. The van der Waals surface area contributed by atoms with Gasteiger partial charge < -0.3 is 9.88 Å². The van der Waals surface area contributed by atoms with Gasteiger partial charge in [-0.05, 0) is 25.3 Å². The van der Waals surface area contributed by atoms with Crippen molar-refractivity contribution in [2.24, 2.45) is 0 Å². The van der Waals surface area contributed by atoms with E-state index >= 15 is 0 Å². The molecule has 0 aliphatic heterocycles. The lowest BCUT2D eigenvalue weighted by atomic mass is 10.4. The van der Waals surface area contributed by atoms with E-state index in [0.29, 0.717) is 6.04 Å². The molecule has 0 aromatic carbocycles. The van der Waals surface area contributed by atoms with Gasteiger partial charge in [0.05, 0.1) is 24.8 Å². The largest absolute Gasteiger partial charge is 0.330 e. The maximum Gasteiger partial charge on any atom is 0.0951 e. The first-order chi connectivity index (χ1) is 8.83. The normalized spacial score (nSPS) is 15.2. The van der Waals surface area contributed by atoms with Crippen LogP contribution in [0.5, 0.6) is 0 Å². The quantitative estimate of drug-likeness (QED) is 0.785. The van der Waals surface area contributed by atoms with Crippen LogP contribution in [-0.4, -0.2) is 25.9 Å². The number of nitrogens with one attached hydrogen (secondary N) is 1. The van der Waals surface area contributed by atoms with E-state index in [0.717, 1.165) is 19.6 Å². The SMILES string of the molecule is Cc1cnn(CCNCc2cncn2C2CC2)c1. The monoisotopic (exact) mass is 245 g/mol. The highest BCUT2D eigenvalue weighted by atomic mass is 15.3. The van der Waals surface area contributed by atoms with E-state index in [4.69, 9.17) is 0 Å². The summed E-state index contributed by atoms with van der Waals surface area (Å²) < 4.78 is 4.27. The van der Waals surface area contributed by atoms with E-state index in [1.54, 1.807) is 0 Å². The lowest BCUT2D eigenvalue weighted by molar-refractivity contribution is 0.541. The van der Waals surface area contributed by atoms with Crippen molar-refractivity contribution in [2.75, 3.05) is 6.54 Å². The van der Waals surface area contributed by atoms with Crippen molar-refractivity contribution in [3.05, 3.63) is 36.2 Å². The number of rotatable bonds is 6. The first-order valence-electron chi connectivity index (χ1n) is 6.53. The number of imidazole rings is 1. The van der Waals surface area contributed by atoms with Crippen molar-refractivity contribution in [3.63, 3.8) is 0 Å². The van der Waals surface area contributed by atoms with Crippen LogP contribution in [0, 0.1) is 6.92 Å². The van der Waals surface area contributed by atoms with E-state index in [1.807, 2.05) is 23.4 Å². The number of aromatic nitrogens is 4. The van der Waals surface area contributed by atoms with Gasteiger partial charge in [0.25, 0.3) is 0 Å². The first-order valence-corrected chi connectivity index (χ1v) is 6.53. The molecule has 0 saturated heterocycles. The lowest BCUT2D eigenvalue weighted by Gasteiger charge is -2.08. The standard InChI is InChI=1S/C13H19N5/c1-11-6-16-17(9-11)5-4-14-7-13-8-15-10-18(13)12-2-3-12/h6,8-10,12,14H,2-5,7H2,1H3. The lowest BCUT2D eigenvalue weighted by Crippen LogP contribution is -2.21. The molecular weight excluding hydrogens is 226 g/mol. The Labute approximate surface area is 107 Å². The van der Waals surface area contributed by atoms with Crippen molar-refractivity contribution in [1.82, 2.24) is 24.6 Å². The predicted molar refractivity (Wildman–Crippen MR) is 69.2 cm³/mol. The minimum atomic E-state index is 0.707. The molecule has 1 N–H and O–H groups in total. The number of aryl methyl sites for hydroxylation is 1. The number of hydrogen-bond donors (Lipinski definition) is 1. The van der Waals surface area contributed by atoms with Gasteiger partial charge in [-0.15, -0.1) is 0 Å². The van der Waals surface area contributed by atoms with Crippen LogP contribution in [0.2, 0.25) is 0 Å². The summed E-state index contributed by atoms with van der Waals surface area (Å²) >= 11 is 0. The second-order valence-electron chi connectivity index (χ2n) is 4.98. The zero-order valence-corrected chi connectivity index (χ0v) is 10.7. The second-order valence-corrected chi connectivity index (χ2v) is 4.98. The van der Waals surface area contributed by atoms with Crippen LogP contribution in [0.15, 0.2) is 24.9 Å². The molecule has 1 aliphatic rings. The third-order valence-electron chi connectivity index (χ3n) is 3.27. The van der Waals surface area contributed by atoms with Crippen LogP contribution >= 0.6 is 0 Å². The summed E-state index contributed by atoms with van der Waals surface area (Å²) in [4.78, 5) is 4.23. The topological polar surface area (TPSA) is 47.7 Å². The average molecular weight is 245 g/mol. The van der Waals surface area contributed by atoms with Crippen LogP contribution < -0.4 is 5.32 Å². The van der Waals surface area contributed by atoms with Crippen molar-refractivity contribution >= 4 is 0 Å². The molecule has 2 heterocycles. The van der Waals surface area contributed by atoms with Crippen molar-refractivity contribution in [2.45, 2.75) is 38.9 Å². The summed E-state index contributed by atoms with van der Waals surface area (Å²) in [6.07, 6.45) is 10.5. The Hall–Kier alpha value is -1.62. The van der Waals surface area contributed by atoms with E-state index in [1.165, 1.54) is 24.1 Å². The Balaban J connectivity index is 1.45. The minimum Gasteiger partial charge on any atom is -0.330 e. The molecule has 3 rings (SSSR count). The molecule has 0 unspecified atom stereocenters. The molecule has 18 heavy (non-hydrogen) atoms. The predicted octanol–water partition coefficient (Wildman–Crippen LogP) is 1.51. The van der Waals surface area contributed by atoms with Crippen LogP contribution in [0.1, 0.15) is 30.1 Å². The van der Waals surface area contributed by atoms with Crippen molar-refractivity contribution < 1.29 is 0 Å². The van der Waals surface area contributed by atoms with Gasteiger partial charge in [-0.1, -0.05) is 0 Å². The summed E-state index contributed by atoms with van der Waals surface area (Å²) in [6, 6.07) is 0.707. The molecule has 5 heteroatoms. The highest BCUT2D eigenvalue weighted by Crippen LogP contribution is 2.35. The molecule has 1 saturated carbocycles. The molecule has 1 aliphatic carbocycles. The Morgan fingerprint density at radius 1 is 1.39 bits per heavy atom. The smallest absolute Gasteiger partial charge is 0.0951 e. The molecule has 1 fully saturated rings. The molecular formula is C13H19N5. The van der Waals surface area contributed by atoms with Crippen molar-refractivity contribution in [3.8, 4) is 0 Å². The van der Waals surface area contributed by atoms with E-state index in [2.05, 4.69) is 33.1 Å². The molecule has 5 nitrogen and oxygen atoms in total. The highest BCUT2D eigenvalue weighted by molar-refractivity contribution is 5.03. The highest BCUT2D eigenvalue weighted by Gasteiger charge is 2.24. The Bertz CT molecular complexity index is 509. The fraction of sp³-hybridized carbons (Fsp3) is 0.538. The van der Waals surface area contributed by atoms with E-state index in [9.17, 15) is 0 Å². The third kappa shape index (κ3) is 2.61. The molecule has 2 aromatic heterocycles. The molecule has 0 amide bonds. The van der Waals surface area contributed by atoms with Crippen LogP contribution in [-0.2, 0) is 13.1 Å². The van der Waals surface area contributed by atoms with Crippen LogP contribution in [0.3, 0.4) is 0 Å². The molecule has 96 valence electrons.